The highest BCUT2D eigenvalue weighted by Gasteiger charge is 2.36. The lowest BCUT2D eigenvalue weighted by Crippen LogP contribution is -2.42. The topological polar surface area (TPSA) is 81.7 Å². The van der Waals surface area contributed by atoms with Crippen LogP contribution in [0.3, 0.4) is 0 Å². The number of hydrogen-bond donors (Lipinski definition) is 3. The predicted octanol–water partition coefficient (Wildman–Crippen LogP) is 1.14. The Morgan fingerprint density at radius 2 is 2.04 bits per heavy atom. The fourth-order valence-corrected chi connectivity index (χ4v) is 3.67. The van der Waals surface area contributed by atoms with E-state index in [-0.39, 0.29) is 41.8 Å². The van der Waals surface area contributed by atoms with Crippen LogP contribution >= 0.6 is 0 Å². The molecule has 140 valence electrons. The van der Waals surface area contributed by atoms with Gasteiger partial charge < -0.3 is 20.6 Å². The summed E-state index contributed by atoms with van der Waals surface area (Å²) in [5.41, 5.74) is 0.0535. The van der Waals surface area contributed by atoms with Gasteiger partial charge in [-0.05, 0) is 38.3 Å². The first-order valence-electron chi connectivity index (χ1n) is 9.09. The van der Waals surface area contributed by atoms with Crippen LogP contribution in [0.2, 0.25) is 0 Å². The minimum absolute atomic E-state index is 0.0330. The van der Waals surface area contributed by atoms with Crippen molar-refractivity contribution in [1.29, 1.82) is 0 Å². The number of nitrogens with one attached hydrogen (secondary N) is 2. The summed E-state index contributed by atoms with van der Waals surface area (Å²) in [6.45, 7) is 9.53. The number of hydrogen-bond acceptors (Lipinski definition) is 4. The van der Waals surface area contributed by atoms with Crippen molar-refractivity contribution in [2.45, 2.75) is 65.5 Å². The van der Waals surface area contributed by atoms with Crippen LogP contribution in [0.15, 0.2) is 0 Å². The number of rotatable bonds is 9. The molecule has 24 heavy (non-hydrogen) atoms. The van der Waals surface area contributed by atoms with Gasteiger partial charge >= 0.3 is 0 Å². The third-order valence-electron chi connectivity index (χ3n) is 4.72. The molecule has 1 rings (SSSR count). The first-order valence-corrected chi connectivity index (χ1v) is 9.09. The van der Waals surface area contributed by atoms with Gasteiger partial charge in [0.1, 0.15) is 0 Å². The molecule has 0 spiro atoms. The highest BCUT2D eigenvalue weighted by Crippen LogP contribution is 2.25. The zero-order valence-electron chi connectivity index (χ0n) is 15.9. The van der Waals surface area contributed by atoms with Crippen molar-refractivity contribution in [3.8, 4) is 0 Å². The van der Waals surface area contributed by atoms with Crippen LogP contribution in [0, 0.1) is 11.3 Å². The number of aliphatic hydroxyl groups excluding tert-OH is 1. The maximum Gasteiger partial charge on any atom is 0.223 e. The molecule has 0 aromatic heterocycles. The van der Waals surface area contributed by atoms with Crippen molar-refractivity contribution >= 4 is 11.8 Å². The van der Waals surface area contributed by atoms with Crippen LogP contribution in [-0.4, -0.2) is 60.6 Å². The molecule has 1 aliphatic heterocycles. The van der Waals surface area contributed by atoms with Crippen molar-refractivity contribution < 1.29 is 14.7 Å². The fourth-order valence-electron chi connectivity index (χ4n) is 3.67. The van der Waals surface area contributed by atoms with Crippen molar-refractivity contribution in [2.75, 3.05) is 26.7 Å². The molecular weight excluding hydrogens is 306 g/mol. The zero-order valence-corrected chi connectivity index (χ0v) is 15.9. The largest absolute Gasteiger partial charge is 0.394 e. The molecular formula is C18H35N3O3. The number of aliphatic hydroxyl groups is 1. The fraction of sp³-hybridized carbons (Fsp3) is 0.889. The first-order chi connectivity index (χ1) is 11.2. The van der Waals surface area contributed by atoms with E-state index in [1.54, 1.807) is 4.90 Å². The van der Waals surface area contributed by atoms with Crippen molar-refractivity contribution in [3.05, 3.63) is 0 Å². The summed E-state index contributed by atoms with van der Waals surface area (Å²) in [5.74, 6) is 0.0171. The van der Waals surface area contributed by atoms with Crippen LogP contribution in [-0.2, 0) is 9.59 Å². The molecule has 1 aliphatic rings. The SMILES string of the molecule is CCCC(=O)N1CC(NC(=O)C(C)CC(C)(C)CNC)CC1CO. The van der Waals surface area contributed by atoms with Gasteiger partial charge in [0.05, 0.1) is 12.6 Å². The Labute approximate surface area is 146 Å². The molecule has 6 heteroatoms. The second-order valence-electron chi connectivity index (χ2n) is 7.87. The standard InChI is InChI=1S/C18H35N3O3/c1-6-7-16(23)21-10-14(8-15(21)11-22)20-17(24)13(2)9-18(3,4)12-19-5/h13-15,19,22H,6-12H2,1-5H3,(H,20,24). The number of carbonyl (C=O) groups is 2. The summed E-state index contributed by atoms with van der Waals surface area (Å²) >= 11 is 0. The zero-order chi connectivity index (χ0) is 18.3. The van der Waals surface area contributed by atoms with Crippen LogP contribution in [0.25, 0.3) is 0 Å². The van der Waals surface area contributed by atoms with E-state index in [4.69, 9.17) is 0 Å². The van der Waals surface area contributed by atoms with E-state index in [1.807, 2.05) is 20.9 Å². The first kappa shape index (κ1) is 20.9. The second kappa shape index (κ2) is 9.37. The quantitative estimate of drug-likeness (QED) is 0.587. The maximum atomic E-state index is 12.5. The Hall–Kier alpha value is -1.14. The summed E-state index contributed by atoms with van der Waals surface area (Å²) in [7, 11) is 1.92. The predicted molar refractivity (Wildman–Crippen MR) is 95.5 cm³/mol. The summed E-state index contributed by atoms with van der Waals surface area (Å²) in [4.78, 5) is 26.3. The Morgan fingerprint density at radius 3 is 2.58 bits per heavy atom. The van der Waals surface area contributed by atoms with Gasteiger partial charge in [-0.25, -0.2) is 0 Å². The lowest BCUT2D eigenvalue weighted by Gasteiger charge is -2.28. The average Bonchev–Trinajstić information content (AvgIpc) is 2.89. The van der Waals surface area contributed by atoms with Crippen LogP contribution in [0.4, 0.5) is 0 Å². The molecule has 3 unspecified atom stereocenters. The van der Waals surface area contributed by atoms with Crippen molar-refractivity contribution in [1.82, 2.24) is 15.5 Å². The molecule has 1 heterocycles. The van der Waals surface area contributed by atoms with E-state index < -0.39 is 0 Å². The molecule has 2 amide bonds. The van der Waals surface area contributed by atoms with Gasteiger partial charge in [0, 0.05) is 24.9 Å². The lowest BCUT2D eigenvalue weighted by atomic mass is 9.83. The van der Waals surface area contributed by atoms with Gasteiger partial charge in [-0.15, -0.1) is 0 Å². The second-order valence-corrected chi connectivity index (χ2v) is 7.87. The average molecular weight is 341 g/mol. The summed E-state index contributed by atoms with van der Waals surface area (Å²) in [6.07, 6.45) is 2.71. The van der Waals surface area contributed by atoms with E-state index >= 15 is 0 Å². The van der Waals surface area contributed by atoms with E-state index in [0.29, 0.717) is 19.4 Å². The Morgan fingerprint density at radius 1 is 1.38 bits per heavy atom. The molecule has 0 saturated carbocycles. The molecule has 0 aromatic carbocycles. The summed E-state index contributed by atoms with van der Waals surface area (Å²) in [5, 5.41) is 15.7. The Bertz CT molecular complexity index is 426. The van der Waals surface area contributed by atoms with Crippen molar-refractivity contribution in [2.24, 2.45) is 11.3 Å². The number of amides is 2. The summed E-state index contributed by atoms with van der Waals surface area (Å²) < 4.78 is 0. The number of likely N-dealkylation sites (tertiary alicyclic amines) is 1. The van der Waals surface area contributed by atoms with Crippen LogP contribution in [0.1, 0.15) is 53.4 Å². The molecule has 1 fully saturated rings. The third kappa shape index (κ3) is 6.06. The van der Waals surface area contributed by atoms with Crippen LogP contribution in [0.5, 0.6) is 0 Å². The van der Waals surface area contributed by atoms with E-state index in [2.05, 4.69) is 24.5 Å². The van der Waals surface area contributed by atoms with E-state index in [9.17, 15) is 14.7 Å². The number of nitrogens with zero attached hydrogens (tertiary/aromatic N) is 1. The highest BCUT2D eigenvalue weighted by molar-refractivity contribution is 5.79. The molecule has 0 aromatic rings. The number of carbonyl (C=O) groups excluding carboxylic acids is 2. The minimum atomic E-state index is -0.176. The molecule has 6 nitrogen and oxygen atoms in total. The van der Waals surface area contributed by atoms with Crippen LogP contribution < -0.4 is 10.6 Å². The maximum absolute atomic E-state index is 12.5. The monoisotopic (exact) mass is 341 g/mol. The van der Waals surface area contributed by atoms with Gasteiger partial charge in [0.2, 0.25) is 11.8 Å². The van der Waals surface area contributed by atoms with Crippen molar-refractivity contribution in [3.63, 3.8) is 0 Å². The van der Waals surface area contributed by atoms with Gasteiger partial charge in [-0.3, -0.25) is 9.59 Å². The molecule has 0 bridgehead atoms. The molecule has 1 saturated heterocycles. The molecule has 0 aliphatic carbocycles. The normalized spacial score (nSPS) is 22.5. The van der Waals surface area contributed by atoms with Gasteiger partial charge in [0.25, 0.3) is 0 Å². The Balaban J connectivity index is 2.56. The van der Waals surface area contributed by atoms with Gasteiger partial charge in [0.15, 0.2) is 0 Å². The molecule has 3 N–H and O–H groups in total. The van der Waals surface area contributed by atoms with E-state index in [1.165, 1.54) is 0 Å². The molecule has 0 radical (unpaired) electrons. The van der Waals surface area contributed by atoms with Gasteiger partial charge in [-0.2, -0.15) is 0 Å². The Kier molecular flexibility index (Phi) is 8.16. The minimum Gasteiger partial charge on any atom is -0.394 e. The highest BCUT2D eigenvalue weighted by atomic mass is 16.3. The third-order valence-corrected chi connectivity index (χ3v) is 4.72. The summed E-state index contributed by atoms with van der Waals surface area (Å²) in [6, 6.07) is -0.240. The molecule has 3 atom stereocenters. The van der Waals surface area contributed by atoms with E-state index in [0.717, 1.165) is 19.4 Å². The lowest BCUT2D eigenvalue weighted by molar-refractivity contribution is -0.133. The van der Waals surface area contributed by atoms with Gasteiger partial charge in [-0.1, -0.05) is 27.7 Å². The smallest absolute Gasteiger partial charge is 0.223 e.